The number of rotatable bonds is 9. The predicted molar refractivity (Wildman–Crippen MR) is 95.2 cm³/mol. The lowest BCUT2D eigenvalue weighted by molar-refractivity contribution is -0.107. The van der Waals surface area contributed by atoms with E-state index in [4.69, 9.17) is 4.43 Å². The molecule has 0 heterocycles. The molecule has 0 amide bonds. The maximum atomic E-state index is 10.3. The molecular formula is C18H34O2Si. The second-order valence-corrected chi connectivity index (χ2v) is 12.2. The third-order valence-electron chi connectivity index (χ3n) is 4.37. The standard InChI is InChI=1S/C18H34O2Si/c1-16(12-9-14-19)10-8-11-17(2)13-15-20-21(6,7)18(3,4)5/h10,13-14H,8-9,11-12,15H2,1-7H3/b16-10+,17-13+. The molecule has 0 spiro atoms. The average Bonchev–Trinajstić information content (AvgIpc) is 2.34. The van der Waals surface area contributed by atoms with Crippen LogP contribution in [0.25, 0.3) is 0 Å². The van der Waals surface area contributed by atoms with Crippen LogP contribution in [-0.4, -0.2) is 21.2 Å². The van der Waals surface area contributed by atoms with E-state index in [-0.39, 0.29) is 5.04 Å². The van der Waals surface area contributed by atoms with Crippen LogP contribution in [0, 0.1) is 0 Å². The first kappa shape index (κ1) is 20.3. The number of carbonyl (C=O) groups is 1. The lowest BCUT2D eigenvalue weighted by Crippen LogP contribution is -2.40. The van der Waals surface area contributed by atoms with Gasteiger partial charge in [-0.25, -0.2) is 0 Å². The van der Waals surface area contributed by atoms with E-state index >= 15 is 0 Å². The van der Waals surface area contributed by atoms with Crippen molar-refractivity contribution in [2.45, 2.75) is 78.4 Å². The second kappa shape index (κ2) is 9.37. The molecule has 0 N–H and O–H groups in total. The zero-order valence-electron chi connectivity index (χ0n) is 15.1. The summed E-state index contributed by atoms with van der Waals surface area (Å²) in [6.07, 6.45) is 9.09. The summed E-state index contributed by atoms with van der Waals surface area (Å²) in [4.78, 5) is 10.3. The van der Waals surface area contributed by atoms with E-state index in [9.17, 15) is 4.79 Å². The van der Waals surface area contributed by atoms with Gasteiger partial charge in [0.25, 0.3) is 0 Å². The molecular weight excluding hydrogens is 276 g/mol. The van der Waals surface area contributed by atoms with Gasteiger partial charge in [0.15, 0.2) is 8.32 Å². The zero-order chi connectivity index (χ0) is 16.5. The summed E-state index contributed by atoms with van der Waals surface area (Å²) >= 11 is 0. The third-order valence-corrected chi connectivity index (χ3v) is 8.87. The minimum absolute atomic E-state index is 0.271. The molecule has 21 heavy (non-hydrogen) atoms. The number of carbonyl (C=O) groups excluding carboxylic acids is 1. The van der Waals surface area contributed by atoms with E-state index in [0.717, 1.165) is 32.2 Å². The van der Waals surface area contributed by atoms with Crippen molar-refractivity contribution in [3.8, 4) is 0 Å². The summed E-state index contributed by atoms with van der Waals surface area (Å²) in [6.45, 7) is 16.4. The fourth-order valence-corrected chi connectivity index (χ4v) is 2.58. The number of hydrogen-bond acceptors (Lipinski definition) is 2. The first-order valence-corrected chi connectivity index (χ1v) is 10.9. The molecule has 0 aromatic carbocycles. The van der Waals surface area contributed by atoms with Crippen LogP contribution >= 0.6 is 0 Å². The van der Waals surface area contributed by atoms with Crippen molar-refractivity contribution in [2.75, 3.05) is 6.61 Å². The summed E-state index contributed by atoms with van der Waals surface area (Å²) in [5.41, 5.74) is 2.69. The van der Waals surface area contributed by atoms with E-state index in [1.165, 1.54) is 11.1 Å². The molecule has 0 aliphatic heterocycles. The van der Waals surface area contributed by atoms with Gasteiger partial charge >= 0.3 is 0 Å². The summed E-state index contributed by atoms with van der Waals surface area (Å²) in [7, 11) is -1.63. The maximum absolute atomic E-state index is 10.3. The van der Waals surface area contributed by atoms with Gasteiger partial charge in [-0.15, -0.1) is 0 Å². The molecule has 122 valence electrons. The maximum Gasteiger partial charge on any atom is 0.192 e. The second-order valence-electron chi connectivity index (χ2n) is 7.42. The highest BCUT2D eigenvalue weighted by molar-refractivity contribution is 6.74. The summed E-state index contributed by atoms with van der Waals surface area (Å²) < 4.78 is 6.15. The fourth-order valence-electron chi connectivity index (χ4n) is 1.65. The Balaban J connectivity index is 4.13. The van der Waals surface area contributed by atoms with Crippen LogP contribution in [0.3, 0.4) is 0 Å². The molecule has 3 heteroatoms. The van der Waals surface area contributed by atoms with Gasteiger partial charge in [0.05, 0.1) is 6.61 Å². The van der Waals surface area contributed by atoms with Crippen molar-refractivity contribution in [1.82, 2.24) is 0 Å². The highest BCUT2D eigenvalue weighted by Crippen LogP contribution is 2.36. The molecule has 0 aromatic rings. The van der Waals surface area contributed by atoms with Gasteiger partial charge in [-0.3, -0.25) is 0 Å². The molecule has 2 nitrogen and oxygen atoms in total. The van der Waals surface area contributed by atoms with Crippen LogP contribution in [0.2, 0.25) is 18.1 Å². The van der Waals surface area contributed by atoms with Gasteiger partial charge in [-0.05, 0) is 51.2 Å². The van der Waals surface area contributed by atoms with Gasteiger partial charge in [-0.1, -0.05) is 44.1 Å². The molecule has 0 atom stereocenters. The quantitative estimate of drug-likeness (QED) is 0.312. The van der Waals surface area contributed by atoms with E-state index in [1.54, 1.807) is 0 Å². The van der Waals surface area contributed by atoms with Gasteiger partial charge in [0.1, 0.15) is 6.29 Å². The summed E-state index contributed by atoms with van der Waals surface area (Å²) in [5, 5.41) is 0.271. The molecule has 0 aliphatic carbocycles. The molecule has 0 aliphatic rings. The Kier molecular flexibility index (Phi) is 9.07. The SMILES string of the molecule is C/C(=C\CC/C(C)=C/CO[Si](C)(C)C(C)(C)C)CCC=O. The first-order valence-electron chi connectivity index (χ1n) is 7.99. The van der Waals surface area contributed by atoms with Crippen molar-refractivity contribution in [3.63, 3.8) is 0 Å². The van der Waals surface area contributed by atoms with Crippen LogP contribution < -0.4 is 0 Å². The Morgan fingerprint density at radius 3 is 2.05 bits per heavy atom. The van der Waals surface area contributed by atoms with Gasteiger partial charge in [-0.2, -0.15) is 0 Å². The van der Waals surface area contributed by atoms with Crippen molar-refractivity contribution in [3.05, 3.63) is 23.3 Å². The molecule has 0 unspecified atom stereocenters. The molecule has 0 bridgehead atoms. The lowest BCUT2D eigenvalue weighted by Gasteiger charge is -2.35. The minimum atomic E-state index is -1.63. The normalized spacial score (nSPS) is 14.4. The summed E-state index contributed by atoms with van der Waals surface area (Å²) in [5.74, 6) is 0. The van der Waals surface area contributed by atoms with Gasteiger partial charge in [0.2, 0.25) is 0 Å². The highest BCUT2D eigenvalue weighted by atomic mass is 28.4. The van der Waals surface area contributed by atoms with E-state index < -0.39 is 8.32 Å². The van der Waals surface area contributed by atoms with Crippen LogP contribution in [0.5, 0.6) is 0 Å². The van der Waals surface area contributed by atoms with E-state index in [1.807, 2.05) is 0 Å². The van der Waals surface area contributed by atoms with Gasteiger partial charge < -0.3 is 9.22 Å². The Labute approximate surface area is 132 Å². The zero-order valence-corrected chi connectivity index (χ0v) is 16.1. The number of aldehydes is 1. The van der Waals surface area contributed by atoms with Crippen molar-refractivity contribution < 1.29 is 9.22 Å². The lowest BCUT2D eigenvalue weighted by atomic mass is 10.1. The minimum Gasteiger partial charge on any atom is -0.413 e. The van der Waals surface area contributed by atoms with Crippen LogP contribution in [0.15, 0.2) is 23.3 Å². The van der Waals surface area contributed by atoms with Crippen LogP contribution in [-0.2, 0) is 9.22 Å². The molecule has 0 saturated carbocycles. The monoisotopic (exact) mass is 310 g/mol. The van der Waals surface area contributed by atoms with Crippen molar-refractivity contribution in [2.24, 2.45) is 0 Å². The van der Waals surface area contributed by atoms with E-state index in [0.29, 0.717) is 6.42 Å². The Hall–Kier alpha value is -0.673. The predicted octanol–water partition coefficient (Wildman–Crippen LogP) is 5.66. The van der Waals surface area contributed by atoms with Crippen molar-refractivity contribution >= 4 is 14.6 Å². The smallest absolute Gasteiger partial charge is 0.192 e. The first-order chi connectivity index (χ1) is 9.60. The highest BCUT2D eigenvalue weighted by Gasteiger charge is 2.36. The average molecular weight is 311 g/mol. The van der Waals surface area contributed by atoms with Crippen LogP contribution in [0.4, 0.5) is 0 Å². The third kappa shape index (κ3) is 9.05. The Morgan fingerprint density at radius 2 is 1.52 bits per heavy atom. The van der Waals surface area contributed by atoms with Gasteiger partial charge in [0, 0.05) is 6.42 Å². The molecule has 0 fully saturated rings. The van der Waals surface area contributed by atoms with Crippen molar-refractivity contribution in [1.29, 1.82) is 0 Å². The molecule has 0 saturated heterocycles. The number of hydrogen-bond donors (Lipinski definition) is 0. The summed E-state index contributed by atoms with van der Waals surface area (Å²) in [6, 6.07) is 0. The molecule has 0 radical (unpaired) electrons. The number of allylic oxidation sites excluding steroid dienone is 3. The molecule has 0 aromatic heterocycles. The van der Waals surface area contributed by atoms with E-state index in [2.05, 4.69) is 59.9 Å². The fraction of sp³-hybridized carbons (Fsp3) is 0.722. The Morgan fingerprint density at radius 1 is 1.00 bits per heavy atom. The topological polar surface area (TPSA) is 26.3 Å². The molecule has 0 rings (SSSR count). The Bertz CT molecular complexity index is 373. The van der Waals surface area contributed by atoms with Crippen LogP contribution in [0.1, 0.15) is 60.3 Å². The largest absolute Gasteiger partial charge is 0.413 e.